The molecule has 5 rings (SSSR count). The van der Waals surface area contributed by atoms with Crippen LogP contribution in [0.15, 0.2) is 0 Å². The van der Waals surface area contributed by atoms with Crippen LogP contribution in [0.1, 0.15) is 6.42 Å². The van der Waals surface area contributed by atoms with Crippen LogP contribution in [0, 0.1) is 0 Å². The van der Waals surface area contributed by atoms with Gasteiger partial charge in [-0.3, -0.25) is 0 Å². The molecule has 1 unspecified atom stereocenters. The highest BCUT2D eigenvalue weighted by molar-refractivity contribution is 5.77. The van der Waals surface area contributed by atoms with E-state index in [4.69, 9.17) is 48.4 Å². The van der Waals surface area contributed by atoms with Crippen molar-refractivity contribution >= 4 is 11.9 Å². The molecule has 0 aromatic heterocycles. The molecule has 27 atom stereocenters. The number of carboxylic acid groups (broad SMARTS) is 2. The van der Waals surface area contributed by atoms with Crippen LogP contribution >= 0.6 is 0 Å². The Morgan fingerprint density at radius 3 is 1.64 bits per heavy atom. The summed E-state index contributed by atoms with van der Waals surface area (Å²) in [6.45, 7) is -5.12. The second-order valence-electron chi connectivity index (χ2n) is 16.6. The van der Waals surface area contributed by atoms with Gasteiger partial charge in [0.2, 0.25) is 0 Å². The van der Waals surface area contributed by atoms with Gasteiger partial charge in [-0.2, -0.15) is 0 Å². The lowest BCUT2D eigenvalue weighted by atomic mass is 9.88. The molecule has 0 radical (unpaired) electrons. The van der Waals surface area contributed by atoms with Gasteiger partial charge in [0.15, 0.2) is 18.9 Å². The van der Waals surface area contributed by atoms with Gasteiger partial charge in [0.05, 0.1) is 45.2 Å². The first-order chi connectivity index (χ1) is 31.3. The van der Waals surface area contributed by atoms with Crippen molar-refractivity contribution in [2.75, 3.05) is 33.0 Å². The average molecular weight is 990 g/mol. The molecule has 5 fully saturated rings. The van der Waals surface area contributed by atoms with Gasteiger partial charge in [0.1, 0.15) is 122 Å². The Bertz CT molecular complexity index is 1620. The molecule has 5 aliphatic rings. The van der Waals surface area contributed by atoms with Gasteiger partial charge in [-0.25, -0.2) is 9.59 Å². The van der Waals surface area contributed by atoms with E-state index in [9.17, 15) is 112 Å². The number of aliphatic carboxylic acids is 2. The fourth-order valence-corrected chi connectivity index (χ4v) is 8.08. The normalized spacial score (nSPS) is 48.3. The van der Waals surface area contributed by atoms with Crippen LogP contribution in [0.4, 0.5) is 0 Å². The third-order valence-electron chi connectivity index (χ3n) is 12.0. The maximum Gasteiger partial charge on any atom is 0.367 e. The monoisotopic (exact) mass is 989 g/mol. The molecule has 0 bridgehead atoms. The predicted octanol–water partition coefficient (Wildman–Crippen LogP) is -13.9. The second kappa shape index (κ2) is 22.5. The fourth-order valence-electron chi connectivity index (χ4n) is 8.08. The summed E-state index contributed by atoms with van der Waals surface area (Å²) < 4.78 is 48.9. The van der Waals surface area contributed by atoms with Crippen molar-refractivity contribution in [2.45, 2.75) is 171 Å². The van der Waals surface area contributed by atoms with Gasteiger partial charge >= 0.3 is 11.9 Å². The molecule has 32 nitrogen and oxygen atoms in total. The number of hydrogen-bond donors (Lipinski definition) is 21. The van der Waals surface area contributed by atoms with E-state index in [1.807, 2.05) is 0 Å². The first-order valence-electron chi connectivity index (χ1n) is 20.5. The van der Waals surface area contributed by atoms with E-state index >= 15 is 0 Å². The lowest BCUT2D eigenvalue weighted by Gasteiger charge is -2.52. The third kappa shape index (κ3) is 11.2. The second-order valence-corrected chi connectivity index (χ2v) is 16.6. The van der Waals surface area contributed by atoms with Crippen molar-refractivity contribution in [1.82, 2.24) is 0 Å². The number of aliphatic hydroxyl groups excluding tert-OH is 17. The molecule has 67 heavy (non-hydrogen) atoms. The van der Waals surface area contributed by atoms with Crippen LogP contribution in [-0.4, -0.2) is 312 Å². The topological polar surface area (TPSA) is 548 Å². The molecule has 0 aromatic carbocycles. The van der Waals surface area contributed by atoms with Gasteiger partial charge in [-0.05, 0) is 0 Å². The van der Waals surface area contributed by atoms with Crippen LogP contribution in [-0.2, 0) is 52.2 Å². The lowest BCUT2D eigenvalue weighted by Crippen LogP contribution is -2.73. The summed E-state index contributed by atoms with van der Waals surface area (Å²) in [6, 6.07) is -1.07. The van der Waals surface area contributed by atoms with Gasteiger partial charge in [0, 0.05) is 6.42 Å². The first-order valence-corrected chi connectivity index (χ1v) is 20.5. The molecule has 0 aliphatic carbocycles. The zero-order chi connectivity index (χ0) is 50.2. The smallest absolute Gasteiger partial charge is 0.367 e. The predicted molar refractivity (Wildman–Crippen MR) is 198 cm³/mol. The summed E-state index contributed by atoms with van der Waals surface area (Å²) in [7, 11) is 0. The molecule has 22 N–H and O–H groups in total. The highest BCUT2D eigenvalue weighted by Crippen LogP contribution is 2.42. The summed E-state index contributed by atoms with van der Waals surface area (Å²) in [5, 5.41) is 212. The minimum absolute atomic E-state index is 0.366. The Labute approximate surface area is 376 Å². The zero-order valence-electron chi connectivity index (χ0n) is 34.7. The minimum Gasteiger partial charge on any atom is -0.477 e. The van der Waals surface area contributed by atoms with E-state index in [2.05, 4.69) is 0 Å². The van der Waals surface area contributed by atoms with Gasteiger partial charge < -0.3 is 150 Å². The van der Waals surface area contributed by atoms with Gasteiger partial charge in [-0.15, -0.1) is 0 Å². The first kappa shape index (κ1) is 55.7. The summed E-state index contributed by atoms with van der Waals surface area (Å²) in [4.78, 5) is 25.6. The Morgan fingerprint density at radius 2 is 1.09 bits per heavy atom. The van der Waals surface area contributed by atoms with E-state index in [-0.39, 0.29) is 6.61 Å². The molecule has 5 heterocycles. The number of hydrogen-bond acceptors (Lipinski definition) is 30. The van der Waals surface area contributed by atoms with E-state index < -0.39 is 209 Å². The van der Waals surface area contributed by atoms with E-state index in [1.54, 1.807) is 0 Å². The van der Waals surface area contributed by atoms with Crippen molar-refractivity contribution in [3.05, 3.63) is 0 Å². The lowest BCUT2D eigenvalue weighted by molar-refractivity contribution is -0.412. The molecule has 390 valence electrons. The number of carboxylic acids is 2. The summed E-state index contributed by atoms with van der Waals surface area (Å²) >= 11 is 0. The molecule has 0 aromatic rings. The van der Waals surface area contributed by atoms with Crippen LogP contribution < -0.4 is 5.73 Å². The Kier molecular flexibility index (Phi) is 18.7. The number of aliphatic hydroxyl groups is 18. The molecule has 0 amide bonds. The molecular weight excluding hydrogens is 930 g/mol. The average Bonchev–Trinajstić information content (AvgIpc) is 3.29. The van der Waals surface area contributed by atoms with Crippen molar-refractivity contribution in [3.8, 4) is 0 Å². The summed E-state index contributed by atoms with van der Waals surface area (Å²) in [5.74, 6) is -12.1. The van der Waals surface area contributed by atoms with Crippen molar-refractivity contribution in [2.24, 2.45) is 5.73 Å². The van der Waals surface area contributed by atoms with Crippen LogP contribution in [0.5, 0.6) is 0 Å². The number of rotatable bonds is 18. The zero-order valence-corrected chi connectivity index (χ0v) is 34.7. The quantitative estimate of drug-likeness (QED) is 0.0606. The number of ether oxygens (including phenoxy) is 9. The summed E-state index contributed by atoms with van der Waals surface area (Å²) in [5.41, 5.74) is 5.62. The van der Waals surface area contributed by atoms with Crippen molar-refractivity contribution in [1.29, 1.82) is 0 Å². The summed E-state index contributed by atoms with van der Waals surface area (Å²) in [6.07, 6.45) is -55.8. The highest BCUT2D eigenvalue weighted by atomic mass is 16.8. The largest absolute Gasteiger partial charge is 0.477 e. The van der Waals surface area contributed by atoms with Gasteiger partial charge in [-0.1, -0.05) is 0 Å². The fraction of sp³-hybridized carbons (Fsp3) is 0.943. The molecule has 0 spiro atoms. The Balaban J connectivity index is 1.52. The molecule has 5 aliphatic heterocycles. The molecule has 5 saturated heterocycles. The van der Waals surface area contributed by atoms with Crippen LogP contribution in [0.25, 0.3) is 0 Å². The van der Waals surface area contributed by atoms with E-state index in [0.717, 1.165) is 0 Å². The van der Waals surface area contributed by atoms with Gasteiger partial charge in [0.25, 0.3) is 11.6 Å². The maximum atomic E-state index is 13.2. The number of nitrogens with two attached hydrogens (primary N) is 1. The van der Waals surface area contributed by atoms with Crippen molar-refractivity contribution < 1.29 is 154 Å². The van der Waals surface area contributed by atoms with Crippen LogP contribution in [0.2, 0.25) is 0 Å². The molecular formula is C35H59NO31. The maximum absolute atomic E-state index is 13.2. The van der Waals surface area contributed by atoms with Crippen molar-refractivity contribution in [3.63, 3.8) is 0 Å². The minimum atomic E-state index is -3.81. The van der Waals surface area contributed by atoms with E-state index in [0.29, 0.717) is 0 Å². The Hall–Kier alpha value is -2.18. The molecule has 32 heteroatoms. The van der Waals surface area contributed by atoms with E-state index in [1.165, 1.54) is 0 Å². The number of carbonyl (C=O) groups is 2. The third-order valence-corrected chi connectivity index (χ3v) is 12.0. The molecule has 0 saturated carbocycles. The SMILES string of the molecule is N[C@H]1COC(OC[C@@H](O)[C@H]2O[C@@](O[C@@H]3C[C@](O)(C(=O)O)O[C@H]([C@H](O)CO)[C@@H]3O[C@H]3O[C@H]([C@@H](O)CO)[C@@H](O)[C@H](O[C@H]4O[C@H]([C@@H](O)CO)[C@@H](O)[C@H](O)[C@@H]4O)[C@@H]3O)(C(=O)O)[C@@H](O)[C@@H](O)[C@H]2O)[C@H](O)[C@H]1O. The Morgan fingerprint density at radius 1 is 0.582 bits per heavy atom. The highest BCUT2D eigenvalue weighted by Gasteiger charge is 2.66. The van der Waals surface area contributed by atoms with Crippen LogP contribution in [0.3, 0.4) is 0 Å². The standard InChI is InChI=1S/C35H59NO31/c36-7-5-59-29(18(49)13(7)44)60-6-11(43)24-16(47)17(48)28(53)35(67-24,33(56)57)65-12-1-34(58,32(54)55)66-25(10(42)4-39)26(12)63-31-21(52)27(20(51)23(62-31)9(41)3-38)64-30-19(50)14(45)15(46)22(61-30)8(40)2-37/h7-31,37-53,58H,1-6,36H2,(H,54,55)(H,56,57)/t7-,8-,9-,10+,11+,12+,13-,14-,15-,16+,17-,18+,19-,20+,21-,22+,23+,24+,25+,26+,27-,28-,29?,30+,31+,34+,35+/m0/s1.